The molecule has 0 aliphatic heterocycles. The van der Waals surface area contributed by atoms with Gasteiger partial charge in [-0.05, 0) is 59.7 Å². The van der Waals surface area contributed by atoms with E-state index in [4.69, 9.17) is 0 Å². The molecule has 4 aromatic rings. The summed E-state index contributed by atoms with van der Waals surface area (Å²) in [5.74, 6) is 0.685. The van der Waals surface area contributed by atoms with Gasteiger partial charge in [0.2, 0.25) is 0 Å². The molecule has 1 fully saturated rings. The number of aromatic nitrogens is 6. The summed E-state index contributed by atoms with van der Waals surface area (Å²) in [6, 6.07) is 12.2. The van der Waals surface area contributed by atoms with Gasteiger partial charge in [-0.25, -0.2) is 13.1 Å². The second-order valence-electron chi connectivity index (χ2n) is 6.25. The highest BCUT2D eigenvalue weighted by molar-refractivity contribution is 7.93. The Kier molecular flexibility index (Phi) is 3.65. The Morgan fingerprint density at radius 3 is 2.67 bits per heavy atom. The van der Waals surface area contributed by atoms with Gasteiger partial charge in [-0.1, -0.05) is 6.07 Å². The van der Waals surface area contributed by atoms with Crippen LogP contribution in [0, 0.1) is 0 Å². The second-order valence-corrected chi connectivity index (χ2v) is 8.43. The van der Waals surface area contributed by atoms with E-state index in [2.05, 4.69) is 29.0 Å². The van der Waals surface area contributed by atoms with E-state index in [1.165, 1.54) is 6.07 Å². The van der Waals surface area contributed by atoms with Crippen LogP contribution in [-0.4, -0.2) is 37.4 Å². The van der Waals surface area contributed by atoms with Crippen LogP contribution in [0.15, 0.2) is 47.4 Å². The first-order valence-electron chi connectivity index (χ1n) is 8.24. The minimum atomic E-state index is -3.78. The first kappa shape index (κ1) is 16.3. The summed E-state index contributed by atoms with van der Waals surface area (Å²) in [5.41, 5.74) is 2.21. The molecule has 0 saturated heterocycles. The summed E-state index contributed by atoms with van der Waals surface area (Å²) in [7, 11) is -3.78. The Hall–Kier alpha value is -2.92. The van der Waals surface area contributed by atoms with Crippen molar-refractivity contribution in [2.75, 3.05) is 4.72 Å². The van der Waals surface area contributed by atoms with Gasteiger partial charge in [-0.3, -0.25) is 4.72 Å². The van der Waals surface area contributed by atoms with Crippen molar-refractivity contribution in [2.24, 2.45) is 0 Å². The van der Waals surface area contributed by atoms with E-state index in [0.29, 0.717) is 28.6 Å². The molecule has 0 atom stereocenters. The first-order valence-corrected chi connectivity index (χ1v) is 10.5. The van der Waals surface area contributed by atoms with E-state index in [9.17, 15) is 8.42 Å². The molecule has 2 heterocycles. The number of anilines is 1. The SMILES string of the molecule is O=S(=O)(Nc1ccc(-c2nnnn2C2CC2)cc1)c1cccc2nsnc12. The van der Waals surface area contributed by atoms with Crippen molar-refractivity contribution in [3.63, 3.8) is 0 Å². The van der Waals surface area contributed by atoms with Gasteiger partial charge in [-0.2, -0.15) is 8.75 Å². The Morgan fingerprint density at radius 1 is 1.07 bits per heavy atom. The molecular weight excluding hydrogens is 386 g/mol. The third kappa shape index (κ3) is 2.94. The fourth-order valence-electron chi connectivity index (χ4n) is 2.84. The third-order valence-corrected chi connectivity index (χ3v) is 6.27. The molecule has 27 heavy (non-hydrogen) atoms. The molecule has 136 valence electrons. The molecule has 0 radical (unpaired) electrons. The Bertz CT molecular complexity index is 1230. The molecule has 5 rings (SSSR count). The number of tetrazole rings is 1. The van der Waals surface area contributed by atoms with Crippen molar-refractivity contribution in [1.82, 2.24) is 29.0 Å². The van der Waals surface area contributed by atoms with E-state index in [1.807, 2.05) is 4.68 Å². The van der Waals surface area contributed by atoms with Crippen molar-refractivity contribution in [2.45, 2.75) is 23.8 Å². The zero-order valence-electron chi connectivity index (χ0n) is 13.8. The second kappa shape index (κ2) is 6.06. The van der Waals surface area contributed by atoms with Crippen LogP contribution in [0.3, 0.4) is 0 Å². The fraction of sp³-hybridized carbons (Fsp3) is 0.188. The number of nitrogens with zero attached hydrogens (tertiary/aromatic N) is 6. The maximum atomic E-state index is 12.8. The molecule has 2 aromatic heterocycles. The summed E-state index contributed by atoms with van der Waals surface area (Å²) in [4.78, 5) is 0.107. The largest absolute Gasteiger partial charge is 0.280 e. The Morgan fingerprint density at radius 2 is 1.89 bits per heavy atom. The smallest absolute Gasteiger partial charge is 0.264 e. The van der Waals surface area contributed by atoms with Gasteiger partial charge in [0.1, 0.15) is 15.9 Å². The molecule has 2 aromatic carbocycles. The summed E-state index contributed by atoms with van der Waals surface area (Å²) in [6.45, 7) is 0. The highest BCUT2D eigenvalue weighted by Crippen LogP contribution is 2.36. The molecule has 0 spiro atoms. The summed E-state index contributed by atoms with van der Waals surface area (Å²) in [5, 5.41) is 11.9. The molecule has 0 amide bonds. The quantitative estimate of drug-likeness (QED) is 0.548. The molecule has 0 unspecified atom stereocenters. The van der Waals surface area contributed by atoms with Gasteiger partial charge in [0.05, 0.1) is 17.8 Å². The topological polar surface area (TPSA) is 116 Å². The van der Waals surface area contributed by atoms with Crippen LogP contribution in [0.25, 0.3) is 22.4 Å². The van der Waals surface area contributed by atoms with Crippen molar-refractivity contribution in [3.05, 3.63) is 42.5 Å². The average molecular weight is 399 g/mol. The number of fused-ring (bicyclic) bond motifs is 1. The molecular formula is C16H13N7O2S2. The monoisotopic (exact) mass is 399 g/mol. The van der Waals surface area contributed by atoms with E-state index >= 15 is 0 Å². The van der Waals surface area contributed by atoms with Crippen LogP contribution < -0.4 is 4.72 Å². The van der Waals surface area contributed by atoms with Gasteiger partial charge < -0.3 is 0 Å². The first-order chi connectivity index (χ1) is 13.1. The van der Waals surface area contributed by atoms with Crippen LogP contribution in [0.1, 0.15) is 18.9 Å². The summed E-state index contributed by atoms with van der Waals surface area (Å²) >= 11 is 0.985. The molecule has 1 aliphatic carbocycles. The Labute approximate surface area is 158 Å². The number of hydrogen-bond acceptors (Lipinski definition) is 8. The maximum Gasteiger partial charge on any atom is 0.264 e. The number of rotatable bonds is 5. The molecule has 1 N–H and O–H groups in total. The summed E-state index contributed by atoms with van der Waals surface area (Å²) in [6.07, 6.45) is 2.15. The standard InChI is InChI=1S/C16H13N7O2S2/c24-27(25,14-3-1-2-13-15(14)19-26-18-13)20-11-6-4-10(5-7-11)16-17-21-22-23(16)12-8-9-12/h1-7,12,20H,8-9H2. The molecule has 0 bridgehead atoms. The highest BCUT2D eigenvalue weighted by Gasteiger charge is 2.28. The maximum absolute atomic E-state index is 12.8. The van der Waals surface area contributed by atoms with E-state index in [1.54, 1.807) is 36.4 Å². The van der Waals surface area contributed by atoms with E-state index in [0.717, 1.165) is 30.1 Å². The van der Waals surface area contributed by atoms with Crippen molar-refractivity contribution >= 4 is 38.5 Å². The van der Waals surface area contributed by atoms with Crippen molar-refractivity contribution in [1.29, 1.82) is 0 Å². The van der Waals surface area contributed by atoms with Gasteiger partial charge >= 0.3 is 0 Å². The molecule has 1 saturated carbocycles. The molecule has 11 heteroatoms. The lowest BCUT2D eigenvalue weighted by Gasteiger charge is -2.09. The number of benzene rings is 2. The van der Waals surface area contributed by atoms with Crippen LogP contribution in [0.2, 0.25) is 0 Å². The normalized spacial score (nSPS) is 14.5. The van der Waals surface area contributed by atoms with Crippen LogP contribution in [0.4, 0.5) is 5.69 Å². The lowest BCUT2D eigenvalue weighted by Crippen LogP contribution is -2.13. The summed E-state index contributed by atoms with van der Waals surface area (Å²) < 4.78 is 38.1. The lowest BCUT2D eigenvalue weighted by atomic mass is 10.2. The van der Waals surface area contributed by atoms with Crippen LogP contribution >= 0.6 is 11.7 Å². The zero-order chi connectivity index (χ0) is 18.4. The van der Waals surface area contributed by atoms with Gasteiger partial charge in [0.15, 0.2) is 5.82 Å². The minimum Gasteiger partial charge on any atom is -0.280 e. The van der Waals surface area contributed by atoms with Crippen molar-refractivity contribution < 1.29 is 8.42 Å². The predicted octanol–water partition coefficient (Wildman–Crippen LogP) is 2.48. The zero-order valence-corrected chi connectivity index (χ0v) is 15.5. The third-order valence-electron chi connectivity index (χ3n) is 4.32. The van der Waals surface area contributed by atoms with E-state index < -0.39 is 10.0 Å². The number of sulfonamides is 1. The van der Waals surface area contributed by atoms with Crippen molar-refractivity contribution in [3.8, 4) is 11.4 Å². The molecule has 1 aliphatic rings. The number of hydrogen-bond donors (Lipinski definition) is 1. The van der Waals surface area contributed by atoms with E-state index in [-0.39, 0.29) is 4.90 Å². The highest BCUT2D eigenvalue weighted by atomic mass is 32.2. The lowest BCUT2D eigenvalue weighted by molar-refractivity contribution is 0.602. The minimum absolute atomic E-state index is 0.107. The van der Waals surface area contributed by atoms with Crippen LogP contribution in [0.5, 0.6) is 0 Å². The van der Waals surface area contributed by atoms with Gasteiger partial charge in [0, 0.05) is 11.3 Å². The van der Waals surface area contributed by atoms with Gasteiger partial charge in [0.25, 0.3) is 10.0 Å². The van der Waals surface area contributed by atoms with Crippen LogP contribution in [-0.2, 0) is 10.0 Å². The average Bonchev–Trinajstić information content (AvgIpc) is 3.19. The van der Waals surface area contributed by atoms with Gasteiger partial charge in [-0.15, -0.1) is 5.10 Å². The number of nitrogens with one attached hydrogen (secondary N) is 1. The molecule has 9 nitrogen and oxygen atoms in total. The Balaban J connectivity index is 1.44. The fourth-order valence-corrected chi connectivity index (χ4v) is 4.67. The predicted molar refractivity (Wildman–Crippen MR) is 99.7 cm³/mol.